The van der Waals surface area contributed by atoms with Crippen molar-refractivity contribution in [3.8, 4) is 0 Å². The van der Waals surface area contributed by atoms with E-state index in [-0.39, 0.29) is 6.03 Å². The molecule has 174 valence electrons. The molecule has 0 unspecified atom stereocenters. The van der Waals surface area contributed by atoms with E-state index in [0.29, 0.717) is 17.5 Å². The molecule has 0 aromatic heterocycles. The molecule has 0 radical (unpaired) electrons. The molecule has 3 aromatic rings. The maximum absolute atomic E-state index is 14.0. The van der Waals surface area contributed by atoms with E-state index in [1.54, 1.807) is 9.91 Å². The van der Waals surface area contributed by atoms with E-state index in [1.807, 2.05) is 84.6 Å². The van der Waals surface area contributed by atoms with Crippen molar-refractivity contribution in [1.29, 1.82) is 0 Å². The molecule has 2 amide bonds. The Kier molecular flexibility index (Phi) is 6.86. The predicted molar refractivity (Wildman–Crippen MR) is 143 cm³/mol. The molecule has 1 fully saturated rings. The monoisotopic (exact) mass is 470 g/mol. The number of amides is 2. The van der Waals surface area contributed by atoms with Crippen molar-refractivity contribution in [1.82, 2.24) is 5.01 Å². The van der Waals surface area contributed by atoms with Gasteiger partial charge in [0, 0.05) is 22.3 Å². The first kappa shape index (κ1) is 22.5. The lowest BCUT2D eigenvalue weighted by molar-refractivity contribution is 0.207. The molecule has 34 heavy (non-hydrogen) atoms. The Bertz CT molecular complexity index is 1160. The van der Waals surface area contributed by atoms with Crippen molar-refractivity contribution in [2.75, 3.05) is 16.4 Å². The third kappa shape index (κ3) is 4.97. The zero-order chi connectivity index (χ0) is 23.3. The Morgan fingerprint density at radius 3 is 2.35 bits per heavy atom. The number of nitrogen functional groups attached to an aromatic ring is 1. The van der Waals surface area contributed by atoms with Crippen LogP contribution in [-0.2, 0) is 6.54 Å². The van der Waals surface area contributed by atoms with Crippen molar-refractivity contribution >= 4 is 40.6 Å². The molecule has 1 aliphatic carbocycles. The van der Waals surface area contributed by atoms with E-state index >= 15 is 0 Å². The molecule has 3 aromatic carbocycles. The van der Waals surface area contributed by atoms with Gasteiger partial charge in [-0.05, 0) is 48.7 Å². The van der Waals surface area contributed by atoms with Gasteiger partial charge in [-0.3, -0.25) is 4.90 Å². The second kappa shape index (κ2) is 10.3. The number of para-hydroxylation sites is 1. The quantitative estimate of drug-likeness (QED) is 0.402. The number of anilines is 3. The first-order valence-corrected chi connectivity index (χ1v) is 13.0. The van der Waals surface area contributed by atoms with Crippen LogP contribution in [0.1, 0.15) is 43.2 Å². The molecular weight excluding hydrogens is 440 g/mol. The summed E-state index contributed by atoms with van der Waals surface area (Å²) in [6, 6.07) is 25.4. The van der Waals surface area contributed by atoms with Gasteiger partial charge >= 0.3 is 6.03 Å². The molecule has 0 saturated heterocycles. The molecular formula is C28H30N4OS. The van der Waals surface area contributed by atoms with Gasteiger partial charge in [0.2, 0.25) is 0 Å². The van der Waals surface area contributed by atoms with Crippen LogP contribution < -0.4 is 10.6 Å². The smallest absolute Gasteiger partial charge is 0.349 e. The SMILES string of the molecule is Nc1ccc(N2C(=O)N(Cc3ccccc3)N=C(CSC3CCCCC3)c3ccccc32)cc1. The lowest BCUT2D eigenvalue weighted by Gasteiger charge is -2.26. The van der Waals surface area contributed by atoms with Gasteiger partial charge in [-0.15, -0.1) is 0 Å². The molecule has 1 heterocycles. The minimum atomic E-state index is -0.168. The topological polar surface area (TPSA) is 61.9 Å². The van der Waals surface area contributed by atoms with Crippen molar-refractivity contribution in [2.45, 2.75) is 43.9 Å². The number of carbonyl (C=O) groups excluding carboxylic acids is 1. The molecule has 0 spiro atoms. The molecule has 0 bridgehead atoms. The fourth-order valence-corrected chi connectivity index (χ4v) is 5.91. The van der Waals surface area contributed by atoms with Crippen LogP contribution in [-0.4, -0.2) is 27.8 Å². The molecule has 1 aliphatic heterocycles. The van der Waals surface area contributed by atoms with Crippen LogP contribution in [0.4, 0.5) is 21.9 Å². The molecule has 5 nitrogen and oxygen atoms in total. The largest absolute Gasteiger partial charge is 0.399 e. The lowest BCUT2D eigenvalue weighted by Crippen LogP contribution is -2.36. The summed E-state index contributed by atoms with van der Waals surface area (Å²) in [4.78, 5) is 15.7. The predicted octanol–water partition coefficient (Wildman–Crippen LogP) is 6.81. The summed E-state index contributed by atoms with van der Waals surface area (Å²) in [6.45, 7) is 0.413. The van der Waals surface area contributed by atoms with Crippen molar-refractivity contribution < 1.29 is 4.79 Å². The van der Waals surface area contributed by atoms with Crippen LogP contribution in [0.15, 0.2) is 84.0 Å². The van der Waals surface area contributed by atoms with E-state index < -0.39 is 0 Å². The molecule has 5 rings (SSSR count). The van der Waals surface area contributed by atoms with E-state index in [4.69, 9.17) is 10.8 Å². The van der Waals surface area contributed by atoms with E-state index in [2.05, 4.69) is 6.07 Å². The minimum absolute atomic E-state index is 0.168. The van der Waals surface area contributed by atoms with E-state index in [9.17, 15) is 4.79 Å². The lowest BCUT2D eigenvalue weighted by atomic mass is 10.0. The van der Waals surface area contributed by atoms with Gasteiger partial charge in [-0.25, -0.2) is 9.80 Å². The number of hydrazone groups is 1. The zero-order valence-electron chi connectivity index (χ0n) is 19.3. The number of fused-ring (bicyclic) bond motifs is 1. The van der Waals surface area contributed by atoms with Gasteiger partial charge in [0.25, 0.3) is 0 Å². The van der Waals surface area contributed by atoms with Gasteiger partial charge in [0.1, 0.15) is 0 Å². The summed E-state index contributed by atoms with van der Waals surface area (Å²) < 4.78 is 0. The third-order valence-electron chi connectivity index (χ3n) is 6.44. The Hall–Kier alpha value is -3.25. The number of hydrogen-bond donors (Lipinski definition) is 1. The highest BCUT2D eigenvalue weighted by atomic mass is 32.2. The number of nitrogens with zero attached hydrogens (tertiary/aromatic N) is 3. The third-order valence-corrected chi connectivity index (χ3v) is 7.83. The maximum Gasteiger partial charge on any atom is 0.349 e. The maximum atomic E-state index is 14.0. The van der Waals surface area contributed by atoms with Crippen molar-refractivity contribution in [3.63, 3.8) is 0 Å². The van der Waals surface area contributed by atoms with Gasteiger partial charge in [0.05, 0.1) is 23.6 Å². The summed E-state index contributed by atoms with van der Waals surface area (Å²) in [7, 11) is 0. The van der Waals surface area contributed by atoms with Crippen LogP contribution in [0, 0.1) is 0 Å². The highest BCUT2D eigenvalue weighted by Gasteiger charge is 2.31. The first-order valence-electron chi connectivity index (χ1n) is 12.0. The Balaban J connectivity index is 1.54. The van der Waals surface area contributed by atoms with Crippen LogP contribution >= 0.6 is 11.8 Å². The summed E-state index contributed by atoms with van der Waals surface area (Å²) >= 11 is 1.98. The van der Waals surface area contributed by atoms with Crippen LogP contribution in [0.3, 0.4) is 0 Å². The average Bonchev–Trinajstić information content (AvgIpc) is 2.99. The fourth-order valence-electron chi connectivity index (χ4n) is 4.64. The Morgan fingerprint density at radius 1 is 0.882 bits per heavy atom. The molecule has 1 saturated carbocycles. The van der Waals surface area contributed by atoms with E-state index in [0.717, 1.165) is 34.0 Å². The Morgan fingerprint density at radius 2 is 1.59 bits per heavy atom. The average molecular weight is 471 g/mol. The van der Waals surface area contributed by atoms with Crippen molar-refractivity contribution in [2.24, 2.45) is 5.10 Å². The molecule has 0 atom stereocenters. The first-order chi connectivity index (χ1) is 16.7. The highest BCUT2D eigenvalue weighted by Crippen LogP contribution is 2.36. The molecule has 6 heteroatoms. The minimum Gasteiger partial charge on any atom is -0.399 e. The van der Waals surface area contributed by atoms with Gasteiger partial charge in [-0.2, -0.15) is 16.9 Å². The molecule has 2 N–H and O–H groups in total. The number of benzene rings is 3. The summed E-state index contributed by atoms with van der Waals surface area (Å²) in [5, 5.41) is 7.26. The number of thioether (sulfide) groups is 1. The highest BCUT2D eigenvalue weighted by molar-refractivity contribution is 8.00. The van der Waals surface area contributed by atoms with Crippen molar-refractivity contribution in [3.05, 3.63) is 90.0 Å². The number of urea groups is 1. The number of nitrogens with two attached hydrogens (primary N) is 1. The molecule has 2 aliphatic rings. The number of hydrogen-bond acceptors (Lipinski definition) is 4. The number of carbonyl (C=O) groups is 1. The standard InChI is InChI=1S/C28H30N4OS/c29-22-15-17-23(18-16-22)32-27-14-8-7-13-25(27)26(20-34-24-11-5-2-6-12-24)30-31(28(32)33)19-21-9-3-1-4-10-21/h1,3-4,7-10,13-18,24H,2,5-6,11-12,19-20,29H2. The summed E-state index contributed by atoms with van der Waals surface area (Å²) in [5.74, 6) is 0.788. The van der Waals surface area contributed by atoms with Crippen LogP contribution in [0.5, 0.6) is 0 Å². The second-order valence-electron chi connectivity index (χ2n) is 8.89. The number of rotatable bonds is 6. The van der Waals surface area contributed by atoms with Gasteiger partial charge in [-0.1, -0.05) is 67.8 Å². The Labute approximate surface area is 205 Å². The zero-order valence-corrected chi connectivity index (χ0v) is 20.1. The normalized spacial score (nSPS) is 16.7. The summed E-state index contributed by atoms with van der Waals surface area (Å²) in [5.41, 5.74) is 11.2. The van der Waals surface area contributed by atoms with Crippen LogP contribution in [0.2, 0.25) is 0 Å². The summed E-state index contributed by atoms with van der Waals surface area (Å²) in [6.07, 6.45) is 6.50. The second-order valence-corrected chi connectivity index (χ2v) is 10.2. The van der Waals surface area contributed by atoms with Gasteiger partial charge < -0.3 is 5.73 Å². The fraction of sp³-hybridized carbons (Fsp3) is 0.286. The van der Waals surface area contributed by atoms with E-state index in [1.165, 1.54) is 32.1 Å². The van der Waals surface area contributed by atoms with Gasteiger partial charge in [0.15, 0.2) is 0 Å². The van der Waals surface area contributed by atoms with Crippen LogP contribution in [0.25, 0.3) is 0 Å².